The second kappa shape index (κ2) is 5.49. The second-order valence-electron chi connectivity index (χ2n) is 6.52. The van der Waals surface area contributed by atoms with Crippen molar-refractivity contribution in [1.29, 1.82) is 0 Å². The normalized spacial score (nSPS) is 21.0. The zero-order chi connectivity index (χ0) is 16.0. The number of benzene rings is 1. The lowest BCUT2D eigenvalue weighted by molar-refractivity contribution is -0.117. The molecule has 3 heterocycles. The van der Waals surface area contributed by atoms with Crippen LogP contribution < -0.4 is 4.90 Å². The van der Waals surface area contributed by atoms with Gasteiger partial charge in [0.25, 0.3) is 0 Å². The summed E-state index contributed by atoms with van der Waals surface area (Å²) < 4.78 is 7.21. The van der Waals surface area contributed by atoms with Crippen molar-refractivity contribution in [3.63, 3.8) is 0 Å². The van der Waals surface area contributed by atoms with E-state index in [9.17, 15) is 4.79 Å². The molecule has 1 aromatic heterocycles. The molecule has 2 aromatic rings. The summed E-state index contributed by atoms with van der Waals surface area (Å²) in [4.78, 5) is 13.9. The number of ether oxygens (including phenoxy) is 1. The van der Waals surface area contributed by atoms with Gasteiger partial charge < -0.3 is 9.64 Å². The quantitative estimate of drug-likeness (QED) is 0.857. The first-order chi connectivity index (χ1) is 11.1. The van der Waals surface area contributed by atoms with Crippen LogP contribution in [0.15, 0.2) is 30.6 Å². The maximum atomic E-state index is 11.9. The van der Waals surface area contributed by atoms with Gasteiger partial charge in [0.05, 0.1) is 25.5 Å². The number of rotatable bonds is 2. The highest BCUT2D eigenvalue weighted by Gasteiger charge is 2.26. The second-order valence-corrected chi connectivity index (χ2v) is 6.52. The van der Waals surface area contributed by atoms with Gasteiger partial charge in [-0.2, -0.15) is 5.10 Å². The highest BCUT2D eigenvalue weighted by molar-refractivity contribution is 5.94. The van der Waals surface area contributed by atoms with Crippen LogP contribution in [0.3, 0.4) is 0 Å². The van der Waals surface area contributed by atoms with Crippen molar-refractivity contribution in [1.82, 2.24) is 9.78 Å². The first-order valence-electron chi connectivity index (χ1n) is 8.18. The fourth-order valence-corrected chi connectivity index (χ4v) is 3.47. The van der Waals surface area contributed by atoms with Crippen LogP contribution in [0.5, 0.6) is 0 Å². The Morgan fingerprint density at radius 1 is 1.30 bits per heavy atom. The molecule has 0 N–H and O–H groups in total. The highest BCUT2D eigenvalue weighted by atomic mass is 16.5. The molecule has 1 amide bonds. The number of hydrogen-bond donors (Lipinski definition) is 0. The lowest BCUT2D eigenvalue weighted by Gasteiger charge is -2.34. The minimum Gasteiger partial charge on any atom is -0.377 e. The van der Waals surface area contributed by atoms with Gasteiger partial charge in [0.15, 0.2) is 0 Å². The van der Waals surface area contributed by atoms with Crippen molar-refractivity contribution in [2.24, 2.45) is 0 Å². The Morgan fingerprint density at radius 3 is 2.83 bits per heavy atom. The summed E-state index contributed by atoms with van der Waals surface area (Å²) in [5, 5.41) is 4.45. The Kier molecular flexibility index (Phi) is 3.45. The molecule has 2 aliphatic heterocycles. The van der Waals surface area contributed by atoms with Gasteiger partial charge in [-0.25, -0.2) is 0 Å². The molecule has 1 atom stereocenters. The van der Waals surface area contributed by atoms with E-state index in [4.69, 9.17) is 4.74 Å². The topological polar surface area (TPSA) is 47.4 Å². The van der Waals surface area contributed by atoms with Gasteiger partial charge >= 0.3 is 0 Å². The van der Waals surface area contributed by atoms with Crippen LogP contribution >= 0.6 is 0 Å². The molecular formula is C18H21N3O2. The van der Waals surface area contributed by atoms with Gasteiger partial charge in [0, 0.05) is 30.4 Å². The van der Waals surface area contributed by atoms with Crippen molar-refractivity contribution < 1.29 is 9.53 Å². The van der Waals surface area contributed by atoms with Crippen molar-refractivity contribution >= 4 is 11.6 Å². The van der Waals surface area contributed by atoms with E-state index in [1.165, 1.54) is 5.56 Å². The molecule has 23 heavy (non-hydrogen) atoms. The zero-order valence-electron chi connectivity index (χ0n) is 13.5. The standard InChI is InChI=1S/C18H21N3O2/c1-12-3-4-15-7-14(5-6-18(15)21(12)13(2)22)16-8-19-20(9-16)17-10-23-11-17/h5-9,12,17H,3-4,10-11H2,1-2H3/t12-/m0/s1. The lowest BCUT2D eigenvalue weighted by Crippen LogP contribution is -2.40. The van der Waals surface area contributed by atoms with Gasteiger partial charge in [-0.05, 0) is 43.0 Å². The molecule has 0 saturated carbocycles. The Balaban J connectivity index is 1.67. The number of fused-ring (bicyclic) bond motifs is 1. The molecule has 120 valence electrons. The van der Waals surface area contributed by atoms with E-state index in [1.54, 1.807) is 6.92 Å². The largest absolute Gasteiger partial charge is 0.377 e. The van der Waals surface area contributed by atoms with Gasteiger partial charge in [0.2, 0.25) is 5.91 Å². The molecule has 0 radical (unpaired) electrons. The summed E-state index contributed by atoms with van der Waals surface area (Å²) in [6.07, 6.45) is 6.02. The fraction of sp³-hybridized carbons (Fsp3) is 0.444. The van der Waals surface area contributed by atoms with E-state index < -0.39 is 0 Å². The van der Waals surface area contributed by atoms with Gasteiger partial charge in [-0.3, -0.25) is 9.48 Å². The Bertz CT molecular complexity index is 748. The first-order valence-corrected chi connectivity index (χ1v) is 8.18. The molecule has 4 rings (SSSR count). The highest BCUT2D eigenvalue weighted by Crippen LogP contribution is 2.34. The van der Waals surface area contributed by atoms with E-state index in [-0.39, 0.29) is 11.9 Å². The van der Waals surface area contributed by atoms with Crippen LogP contribution in [0, 0.1) is 0 Å². The Hall–Kier alpha value is -2.14. The lowest BCUT2D eigenvalue weighted by atomic mass is 9.94. The zero-order valence-corrected chi connectivity index (χ0v) is 13.5. The van der Waals surface area contributed by atoms with Gasteiger partial charge in [-0.1, -0.05) is 6.07 Å². The Labute approximate surface area is 135 Å². The molecule has 5 nitrogen and oxygen atoms in total. The van der Waals surface area contributed by atoms with E-state index in [1.807, 2.05) is 15.8 Å². The predicted octanol–water partition coefficient (Wildman–Crippen LogP) is 2.81. The third-order valence-corrected chi connectivity index (χ3v) is 4.88. The van der Waals surface area contributed by atoms with Gasteiger partial charge in [0.1, 0.15) is 0 Å². The maximum absolute atomic E-state index is 11.9. The van der Waals surface area contributed by atoms with Crippen LogP contribution in [0.2, 0.25) is 0 Å². The van der Waals surface area contributed by atoms with Crippen molar-refractivity contribution in [2.75, 3.05) is 18.1 Å². The van der Waals surface area contributed by atoms with Crippen LogP contribution in [-0.4, -0.2) is 34.9 Å². The summed E-state index contributed by atoms with van der Waals surface area (Å²) in [7, 11) is 0. The molecule has 0 aliphatic carbocycles. The summed E-state index contributed by atoms with van der Waals surface area (Å²) in [6.45, 7) is 5.25. The number of hydrogen-bond acceptors (Lipinski definition) is 3. The third kappa shape index (κ3) is 2.45. The van der Waals surface area contributed by atoms with Crippen LogP contribution in [0.1, 0.15) is 31.9 Å². The van der Waals surface area contributed by atoms with E-state index in [0.29, 0.717) is 6.04 Å². The SMILES string of the molecule is CC(=O)N1c2ccc(-c3cnn(C4COC4)c3)cc2CC[C@@H]1C. The smallest absolute Gasteiger partial charge is 0.224 e. The molecule has 1 fully saturated rings. The van der Waals surface area contributed by atoms with Crippen molar-refractivity contribution in [2.45, 2.75) is 38.8 Å². The van der Waals surface area contributed by atoms with Crippen LogP contribution in [0.25, 0.3) is 11.1 Å². The van der Waals surface area contributed by atoms with Crippen molar-refractivity contribution in [3.8, 4) is 11.1 Å². The number of carbonyl (C=O) groups is 1. The third-order valence-electron chi connectivity index (χ3n) is 4.88. The van der Waals surface area contributed by atoms with Crippen molar-refractivity contribution in [3.05, 3.63) is 36.2 Å². The van der Waals surface area contributed by atoms with E-state index in [2.05, 4.69) is 36.4 Å². The molecule has 0 bridgehead atoms. The number of aromatic nitrogens is 2. The van der Waals surface area contributed by atoms with Crippen LogP contribution in [-0.2, 0) is 16.0 Å². The molecule has 5 heteroatoms. The monoisotopic (exact) mass is 311 g/mol. The number of carbonyl (C=O) groups excluding carboxylic acids is 1. The molecule has 0 unspecified atom stereocenters. The molecule has 1 aromatic carbocycles. The van der Waals surface area contributed by atoms with Crippen LogP contribution in [0.4, 0.5) is 5.69 Å². The Morgan fingerprint density at radius 2 is 2.13 bits per heavy atom. The summed E-state index contributed by atoms with van der Waals surface area (Å²) in [5.41, 5.74) is 4.58. The molecule has 2 aliphatic rings. The fourth-order valence-electron chi connectivity index (χ4n) is 3.47. The number of aryl methyl sites for hydroxylation is 1. The number of amides is 1. The average molecular weight is 311 g/mol. The molecular weight excluding hydrogens is 290 g/mol. The minimum absolute atomic E-state index is 0.115. The van der Waals surface area contributed by atoms with Gasteiger partial charge in [-0.15, -0.1) is 0 Å². The number of nitrogens with zero attached hydrogens (tertiary/aromatic N) is 3. The minimum atomic E-state index is 0.115. The average Bonchev–Trinajstić information content (AvgIpc) is 2.93. The summed E-state index contributed by atoms with van der Waals surface area (Å²) in [6, 6.07) is 7.01. The predicted molar refractivity (Wildman–Crippen MR) is 88.5 cm³/mol. The van der Waals surface area contributed by atoms with E-state index in [0.717, 1.165) is 42.9 Å². The summed E-state index contributed by atoms with van der Waals surface area (Å²) in [5.74, 6) is 0.115. The summed E-state index contributed by atoms with van der Waals surface area (Å²) >= 11 is 0. The van der Waals surface area contributed by atoms with E-state index >= 15 is 0 Å². The number of anilines is 1. The maximum Gasteiger partial charge on any atom is 0.224 e. The molecule has 0 spiro atoms. The molecule has 1 saturated heterocycles. The first kappa shape index (κ1) is 14.5.